The number of aromatic nitrogens is 2. The molecule has 3 aliphatic rings. The van der Waals surface area contributed by atoms with Crippen LogP contribution in [0, 0.1) is 5.92 Å². The molecule has 2 heterocycles. The highest BCUT2D eigenvalue weighted by molar-refractivity contribution is 6.42. The highest BCUT2D eigenvalue weighted by Gasteiger charge is 2.34. The fourth-order valence-corrected chi connectivity index (χ4v) is 5.77. The van der Waals surface area contributed by atoms with E-state index in [0.717, 1.165) is 62.2 Å². The van der Waals surface area contributed by atoms with Gasteiger partial charge in [0.25, 0.3) is 0 Å². The number of fused-ring (bicyclic) bond motifs is 1. The molecule has 1 aromatic heterocycles. The van der Waals surface area contributed by atoms with Gasteiger partial charge in [0, 0.05) is 31.7 Å². The van der Waals surface area contributed by atoms with Crippen molar-refractivity contribution in [3.05, 3.63) is 22.2 Å². The van der Waals surface area contributed by atoms with Gasteiger partial charge in [0.1, 0.15) is 0 Å². The Morgan fingerprint density at radius 1 is 1.09 bits per heavy atom. The molecule has 174 valence electrons. The Balaban J connectivity index is 1.28. The van der Waals surface area contributed by atoms with Crippen LogP contribution in [0.15, 0.2) is 12.1 Å². The summed E-state index contributed by atoms with van der Waals surface area (Å²) in [4.78, 5) is 20.2. The molecule has 0 bridgehead atoms. The highest BCUT2D eigenvalue weighted by atomic mass is 35.5. The van der Waals surface area contributed by atoms with Crippen LogP contribution in [0.5, 0.6) is 0 Å². The van der Waals surface area contributed by atoms with Gasteiger partial charge in [-0.2, -0.15) is 0 Å². The molecule has 2 saturated carbocycles. The molecule has 1 aliphatic heterocycles. The molecule has 5 rings (SSSR count). The lowest BCUT2D eigenvalue weighted by atomic mass is 9.92. The van der Waals surface area contributed by atoms with Crippen LogP contribution in [0.1, 0.15) is 64.3 Å². The summed E-state index contributed by atoms with van der Waals surface area (Å²) < 4.78 is 8.18. The van der Waals surface area contributed by atoms with E-state index in [1.54, 1.807) is 0 Å². The SMILES string of the molecule is CCOC1CCCC1NC(=O)C1CCN(c2nc3cc(Cl)c(Cl)cc3n2C2CCC2)CC1. The van der Waals surface area contributed by atoms with Crippen LogP contribution in [0.4, 0.5) is 5.95 Å². The first-order valence-electron chi connectivity index (χ1n) is 12.1. The van der Waals surface area contributed by atoms with Crippen LogP contribution >= 0.6 is 23.2 Å². The zero-order chi connectivity index (χ0) is 22.2. The molecule has 32 heavy (non-hydrogen) atoms. The predicted molar refractivity (Wildman–Crippen MR) is 129 cm³/mol. The molecule has 0 spiro atoms. The molecular weight excluding hydrogens is 447 g/mol. The van der Waals surface area contributed by atoms with E-state index in [1.807, 2.05) is 19.1 Å². The van der Waals surface area contributed by atoms with Crippen LogP contribution in [0.25, 0.3) is 11.0 Å². The molecule has 2 unspecified atom stereocenters. The van der Waals surface area contributed by atoms with Crippen molar-refractivity contribution in [2.24, 2.45) is 5.92 Å². The summed E-state index contributed by atoms with van der Waals surface area (Å²) in [6.45, 7) is 4.38. The Morgan fingerprint density at radius 3 is 2.50 bits per heavy atom. The lowest BCUT2D eigenvalue weighted by molar-refractivity contribution is -0.127. The third-order valence-corrected chi connectivity index (χ3v) is 8.18. The van der Waals surface area contributed by atoms with Crippen LogP contribution in [0.2, 0.25) is 10.0 Å². The van der Waals surface area contributed by atoms with E-state index in [4.69, 9.17) is 32.9 Å². The third-order valence-electron chi connectivity index (χ3n) is 7.46. The lowest BCUT2D eigenvalue weighted by Crippen LogP contribution is -2.47. The largest absolute Gasteiger partial charge is 0.376 e. The first kappa shape index (κ1) is 22.3. The van der Waals surface area contributed by atoms with Gasteiger partial charge in [-0.3, -0.25) is 4.79 Å². The second-order valence-electron chi connectivity index (χ2n) is 9.42. The lowest BCUT2D eigenvalue weighted by Gasteiger charge is -2.36. The number of rotatable bonds is 6. The molecule has 8 heteroatoms. The summed E-state index contributed by atoms with van der Waals surface area (Å²) in [6.07, 6.45) is 8.62. The molecule has 0 radical (unpaired) electrons. The summed E-state index contributed by atoms with van der Waals surface area (Å²) in [6, 6.07) is 4.45. The minimum Gasteiger partial charge on any atom is -0.376 e. The average molecular weight is 479 g/mol. The van der Waals surface area contributed by atoms with Crippen molar-refractivity contribution in [3.63, 3.8) is 0 Å². The Hall–Kier alpha value is -1.50. The number of halogens is 2. The Kier molecular flexibility index (Phi) is 6.55. The maximum absolute atomic E-state index is 13.0. The van der Waals surface area contributed by atoms with Crippen molar-refractivity contribution in [2.45, 2.75) is 76.5 Å². The summed E-state index contributed by atoms with van der Waals surface area (Å²) in [5, 5.41) is 4.39. The minimum atomic E-state index is 0.0551. The van der Waals surface area contributed by atoms with Gasteiger partial charge >= 0.3 is 0 Å². The van der Waals surface area contributed by atoms with Gasteiger partial charge in [-0.25, -0.2) is 4.98 Å². The molecule has 1 saturated heterocycles. The average Bonchev–Trinajstić information content (AvgIpc) is 3.33. The van der Waals surface area contributed by atoms with E-state index in [1.165, 1.54) is 19.3 Å². The van der Waals surface area contributed by atoms with Gasteiger partial charge in [-0.05, 0) is 70.4 Å². The second kappa shape index (κ2) is 9.40. The monoisotopic (exact) mass is 478 g/mol. The van der Waals surface area contributed by atoms with Crippen LogP contribution in [-0.2, 0) is 9.53 Å². The first-order valence-corrected chi connectivity index (χ1v) is 12.8. The molecule has 2 aliphatic carbocycles. The number of piperidine rings is 1. The first-order chi connectivity index (χ1) is 15.5. The number of hydrogen-bond donors (Lipinski definition) is 1. The zero-order valence-electron chi connectivity index (χ0n) is 18.7. The van der Waals surface area contributed by atoms with Crippen LogP contribution in [0.3, 0.4) is 0 Å². The Morgan fingerprint density at radius 2 is 1.81 bits per heavy atom. The quantitative estimate of drug-likeness (QED) is 0.606. The Labute approximate surface area is 199 Å². The van der Waals surface area contributed by atoms with E-state index < -0.39 is 0 Å². The van der Waals surface area contributed by atoms with Gasteiger partial charge in [-0.15, -0.1) is 0 Å². The number of ether oxygens (including phenoxy) is 1. The van der Waals surface area contributed by atoms with E-state index in [0.29, 0.717) is 22.7 Å². The van der Waals surface area contributed by atoms with Crippen LogP contribution in [-0.4, -0.2) is 47.3 Å². The maximum Gasteiger partial charge on any atom is 0.223 e. The number of nitrogens with one attached hydrogen (secondary N) is 1. The number of amides is 1. The molecule has 1 N–H and O–H groups in total. The number of imidazole rings is 1. The van der Waals surface area contributed by atoms with E-state index >= 15 is 0 Å². The third kappa shape index (κ3) is 4.22. The maximum atomic E-state index is 13.0. The summed E-state index contributed by atoms with van der Waals surface area (Å²) in [5.41, 5.74) is 1.95. The Bertz CT molecular complexity index is 982. The van der Waals surface area contributed by atoms with Gasteiger partial charge < -0.3 is 19.5 Å². The topological polar surface area (TPSA) is 59.4 Å². The highest BCUT2D eigenvalue weighted by Crippen LogP contribution is 2.40. The van der Waals surface area contributed by atoms with Gasteiger partial charge in [0.2, 0.25) is 11.9 Å². The molecule has 6 nitrogen and oxygen atoms in total. The van der Waals surface area contributed by atoms with E-state index in [-0.39, 0.29) is 24.0 Å². The number of benzene rings is 1. The number of nitrogens with zero attached hydrogens (tertiary/aromatic N) is 3. The number of hydrogen-bond acceptors (Lipinski definition) is 4. The fourth-order valence-electron chi connectivity index (χ4n) is 5.45. The molecule has 2 aromatic rings. The fraction of sp³-hybridized carbons (Fsp3) is 0.667. The molecule has 1 amide bonds. The van der Waals surface area contributed by atoms with Crippen molar-refractivity contribution in [3.8, 4) is 0 Å². The summed E-state index contributed by atoms with van der Waals surface area (Å²) >= 11 is 12.6. The summed E-state index contributed by atoms with van der Waals surface area (Å²) in [7, 11) is 0. The van der Waals surface area contributed by atoms with Crippen LogP contribution < -0.4 is 10.2 Å². The summed E-state index contributed by atoms with van der Waals surface area (Å²) in [5.74, 6) is 1.24. The van der Waals surface area contributed by atoms with Crippen molar-refractivity contribution in [1.82, 2.24) is 14.9 Å². The minimum absolute atomic E-state index is 0.0551. The van der Waals surface area contributed by atoms with Gasteiger partial charge in [0.05, 0.1) is 33.2 Å². The molecule has 3 fully saturated rings. The zero-order valence-corrected chi connectivity index (χ0v) is 20.2. The van der Waals surface area contributed by atoms with E-state index in [2.05, 4.69) is 14.8 Å². The number of anilines is 1. The van der Waals surface area contributed by atoms with Gasteiger partial charge in [-0.1, -0.05) is 23.2 Å². The van der Waals surface area contributed by atoms with Crippen molar-refractivity contribution in [2.75, 3.05) is 24.6 Å². The van der Waals surface area contributed by atoms with E-state index in [9.17, 15) is 4.79 Å². The number of carbonyl (C=O) groups is 1. The normalized spacial score (nSPS) is 24.8. The molecule has 1 aromatic carbocycles. The molecule has 2 atom stereocenters. The predicted octanol–water partition coefficient (Wildman–Crippen LogP) is 5.36. The van der Waals surface area contributed by atoms with Crippen molar-refractivity contribution < 1.29 is 9.53 Å². The second-order valence-corrected chi connectivity index (χ2v) is 10.2. The smallest absolute Gasteiger partial charge is 0.223 e. The van der Waals surface area contributed by atoms with Crippen molar-refractivity contribution in [1.29, 1.82) is 0 Å². The molecular formula is C24H32Cl2N4O2. The van der Waals surface area contributed by atoms with Gasteiger partial charge in [0.15, 0.2) is 0 Å². The van der Waals surface area contributed by atoms with Crippen molar-refractivity contribution >= 4 is 46.1 Å². The standard InChI is InChI=1S/C24H32Cl2N4O2/c1-2-32-22-8-4-7-19(22)27-23(31)15-9-11-29(12-10-15)24-28-20-13-17(25)18(26)14-21(20)30(24)16-5-3-6-16/h13-16,19,22H,2-12H2,1H3,(H,27,31). The number of carbonyl (C=O) groups excluding carboxylic acids is 1.